The van der Waals surface area contributed by atoms with E-state index in [1.807, 2.05) is 12.1 Å². The first-order valence-electron chi connectivity index (χ1n) is 6.26. The maximum Gasteiger partial charge on any atom is 0.213 e. The van der Waals surface area contributed by atoms with Crippen molar-refractivity contribution in [2.45, 2.75) is 25.7 Å². The first-order chi connectivity index (χ1) is 8.53. The maximum absolute atomic E-state index is 11.9. The molecule has 0 saturated carbocycles. The molecule has 0 radical (unpaired) electrons. The Morgan fingerprint density at radius 3 is 2.61 bits per heavy atom. The second-order valence-corrected chi connectivity index (χ2v) is 7.82. The molecule has 0 aliphatic carbocycles. The van der Waals surface area contributed by atoms with Gasteiger partial charge in [-0.1, -0.05) is 28.1 Å². The molecule has 2 rings (SSSR count). The van der Waals surface area contributed by atoms with Crippen LogP contribution in [0.25, 0.3) is 0 Å². The van der Waals surface area contributed by atoms with Crippen LogP contribution in [0.3, 0.4) is 0 Å². The average Bonchev–Trinajstić information content (AvgIpc) is 2.40. The van der Waals surface area contributed by atoms with Crippen LogP contribution in [0.15, 0.2) is 28.7 Å². The van der Waals surface area contributed by atoms with Crippen LogP contribution in [0.4, 0.5) is 0 Å². The van der Waals surface area contributed by atoms with Crippen LogP contribution >= 0.6 is 15.9 Å². The molecule has 18 heavy (non-hydrogen) atoms. The van der Waals surface area contributed by atoms with Gasteiger partial charge in [0.15, 0.2) is 0 Å². The molecule has 1 atom stereocenters. The van der Waals surface area contributed by atoms with Crippen molar-refractivity contribution in [2.75, 3.05) is 18.8 Å². The highest BCUT2D eigenvalue weighted by atomic mass is 79.9. The molecule has 1 aromatic carbocycles. The Morgan fingerprint density at radius 2 is 2.00 bits per heavy atom. The molecule has 3 nitrogen and oxygen atoms in total. The Kier molecular flexibility index (Phi) is 4.45. The van der Waals surface area contributed by atoms with Crippen LogP contribution in [-0.2, 0) is 10.0 Å². The first-order valence-corrected chi connectivity index (χ1v) is 8.66. The predicted molar refractivity (Wildman–Crippen MR) is 77.2 cm³/mol. The van der Waals surface area contributed by atoms with E-state index in [2.05, 4.69) is 28.1 Å². The molecule has 1 aliphatic heterocycles. The van der Waals surface area contributed by atoms with Gasteiger partial charge in [0.05, 0.1) is 5.75 Å². The van der Waals surface area contributed by atoms with E-state index in [-0.39, 0.29) is 5.75 Å². The third-order valence-corrected chi connectivity index (χ3v) is 5.86. The van der Waals surface area contributed by atoms with E-state index in [9.17, 15) is 8.42 Å². The number of hydrogen-bond acceptors (Lipinski definition) is 2. The molecule has 1 aromatic rings. The minimum absolute atomic E-state index is 0.195. The number of nitrogens with zero attached hydrogens (tertiary/aromatic N) is 1. The second-order valence-electron chi connectivity index (χ2n) is 4.65. The Morgan fingerprint density at radius 1 is 1.33 bits per heavy atom. The molecule has 1 saturated heterocycles. The van der Waals surface area contributed by atoms with Crippen molar-refractivity contribution in [3.63, 3.8) is 0 Å². The van der Waals surface area contributed by atoms with Crippen LogP contribution < -0.4 is 0 Å². The summed E-state index contributed by atoms with van der Waals surface area (Å²) in [4.78, 5) is 0. The monoisotopic (exact) mass is 331 g/mol. The summed E-state index contributed by atoms with van der Waals surface area (Å²) in [5, 5.41) is 0. The lowest BCUT2D eigenvalue weighted by molar-refractivity contribution is 0.316. The van der Waals surface area contributed by atoms with E-state index in [0.29, 0.717) is 19.0 Å². The number of halogens is 1. The Labute approximate surface area is 117 Å². The summed E-state index contributed by atoms with van der Waals surface area (Å²) in [6.45, 7) is 3.00. The first kappa shape index (κ1) is 14.0. The molecule has 0 aromatic heterocycles. The van der Waals surface area contributed by atoms with Gasteiger partial charge in [0.25, 0.3) is 0 Å². The van der Waals surface area contributed by atoms with Crippen molar-refractivity contribution in [3.8, 4) is 0 Å². The fraction of sp³-hybridized carbons (Fsp3) is 0.538. The maximum atomic E-state index is 11.9. The molecule has 1 aliphatic rings. The van der Waals surface area contributed by atoms with Crippen LogP contribution in [0, 0.1) is 0 Å². The third kappa shape index (κ3) is 3.13. The van der Waals surface area contributed by atoms with E-state index in [1.54, 1.807) is 11.2 Å². The SMILES string of the molecule is CCS(=O)(=O)N1CCCC(c2ccc(Br)cc2)C1. The summed E-state index contributed by atoms with van der Waals surface area (Å²) < 4.78 is 26.5. The zero-order chi connectivity index (χ0) is 13.2. The van der Waals surface area contributed by atoms with Gasteiger partial charge in [-0.15, -0.1) is 0 Å². The lowest BCUT2D eigenvalue weighted by atomic mass is 9.92. The van der Waals surface area contributed by atoms with Crippen molar-refractivity contribution >= 4 is 26.0 Å². The minimum Gasteiger partial charge on any atom is -0.212 e. The Bertz CT molecular complexity index is 498. The largest absolute Gasteiger partial charge is 0.213 e. The molecule has 0 spiro atoms. The lowest BCUT2D eigenvalue weighted by Gasteiger charge is -2.32. The molecule has 1 unspecified atom stereocenters. The normalized spacial score (nSPS) is 22.0. The van der Waals surface area contributed by atoms with Crippen molar-refractivity contribution < 1.29 is 8.42 Å². The topological polar surface area (TPSA) is 37.4 Å². The molecule has 1 fully saturated rings. The number of benzene rings is 1. The minimum atomic E-state index is -3.05. The van der Waals surface area contributed by atoms with E-state index in [1.165, 1.54) is 5.56 Å². The third-order valence-electron chi connectivity index (χ3n) is 3.48. The van der Waals surface area contributed by atoms with Crippen molar-refractivity contribution in [1.82, 2.24) is 4.31 Å². The van der Waals surface area contributed by atoms with Crippen LogP contribution in [0.2, 0.25) is 0 Å². The van der Waals surface area contributed by atoms with Gasteiger partial charge in [0.2, 0.25) is 10.0 Å². The lowest BCUT2D eigenvalue weighted by Crippen LogP contribution is -2.39. The highest BCUT2D eigenvalue weighted by molar-refractivity contribution is 9.10. The summed E-state index contributed by atoms with van der Waals surface area (Å²) in [5.74, 6) is 0.522. The van der Waals surface area contributed by atoms with E-state index in [0.717, 1.165) is 17.3 Å². The summed E-state index contributed by atoms with van der Waals surface area (Å²) >= 11 is 3.42. The predicted octanol–water partition coefficient (Wildman–Crippen LogP) is 2.98. The van der Waals surface area contributed by atoms with E-state index < -0.39 is 10.0 Å². The van der Waals surface area contributed by atoms with Gasteiger partial charge >= 0.3 is 0 Å². The molecular formula is C13H18BrNO2S. The number of rotatable bonds is 3. The van der Waals surface area contributed by atoms with Gasteiger partial charge in [-0.05, 0) is 43.4 Å². The van der Waals surface area contributed by atoms with Gasteiger partial charge in [-0.25, -0.2) is 12.7 Å². The molecule has 5 heteroatoms. The molecule has 1 heterocycles. The number of hydrogen-bond donors (Lipinski definition) is 0. The zero-order valence-corrected chi connectivity index (χ0v) is 12.9. The zero-order valence-electron chi connectivity index (χ0n) is 10.5. The smallest absolute Gasteiger partial charge is 0.212 e. The summed E-state index contributed by atoms with van der Waals surface area (Å²) in [6.07, 6.45) is 2.01. The highest BCUT2D eigenvalue weighted by Gasteiger charge is 2.28. The van der Waals surface area contributed by atoms with Crippen molar-refractivity contribution in [2.24, 2.45) is 0 Å². The second kappa shape index (κ2) is 5.72. The molecule has 100 valence electrons. The van der Waals surface area contributed by atoms with Gasteiger partial charge in [0.1, 0.15) is 0 Å². The van der Waals surface area contributed by atoms with Crippen LogP contribution in [-0.4, -0.2) is 31.6 Å². The fourth-order valence-electron chi connectivity index (χ4n) is 2.38. The van der Waals surface area contributed by atoms with Crippen LogP contribution in [0.5, 0.6) is 0 Å². The number of sulfonamides is 1. The molecular weight excluding hydrogens is 314 g/mol. The summed E-state index contributed by atoms with van der Waals surface area (Å²) in [5.41, 5.74) is 1.23. The summed E-state index contributed by atoms with van der Waals surface area (Å²) in [6, 6.07) is 8.19. The number of piperidine rings is 1. The van der Waals surface area contributed by atoms with Gasteiger partial charge in [-0.2, -0.15) is 0 Å². The van der Waals surface area contributed by atoms with Crippen LogP contribution in [0.1, 0.15) is 31.2 Å². The standard InChI is InChI=1S/C13H18BrNO2S/c1-2-18(16,17)15-9-3-4-12(10-15)11-5-7-13(14)8-6-11/h5-8,12H,2-4,9-10H2,1H3. The van der Waals surface area contributed by atoms with Gasteiger partial charge in [0, 0.05) is 17.6 Å². The Hall–Kier alpha value is -0.390. The molecule has 0 bridgehead atoms. The molecule has 0 N–H and O–H groups in total. The fourth-order valence-corrected chi connectivity index (χ4v) is 3.83. The van der Waals surface area contributed by atoms with E-state index in [4.69, 9.17) is 0 Å². The molecule has 0 amide bonds. The van der Waals surface area contributed by atoms with Crippen molar-refractivity contribution in [3.05, 3.63) is 34.3 Å². The highest BCUT2D eigenvalue weighted by Crippen LogP contribution is 2.29. The van der Waals surface area contributed by atoms with Gasteiger partial charge in [-0.3, -0.25) is 0 Å². The van der Waals surface area contributed by atoms with Gasteiger partial charge < -0.3 is 0 Å². The van der Waals surface area contributed by atoms with E-state index >= 15 is 0 Å². The van der Waals surface area contributed by atoms with Crippen molar-refractivity contribution in [1.29, 1.82) is 0 Å². The average molecular weight is 332 g/mol. The quantitative estimate of drug-likeness (QED) is 0.853. The summed E-state index contributed by atoms with van der Waals surface area (Å²) in [7, 11) is -3.05. The Balaban J connectivity index is 2.14.